The minimum absolute atomic E-state index is 0.0634. The average Bonchev–Trinajstić information content (AvgIpc) is 2.77. The van der Waals surface area contributed by atoms with Crippen molar-refractivity contribution in [2.75, 3.05) is 19.6 Å². The maximum absolute atomic E-state index is 12.8. The maximum atomic E-state index is 12.8. The Morgan fingerprint density at radius 1 is 1.50 bits per heavy atom. The highest BCUT2D eigenvalue weighted by atomic mass is 79.9. The fraction of sp³-hybridized carbons (Fsp3) is 0.667. The molecule has 0 aromatic carbocycles. The van der Waals surface area contributed by atoms with Gasteiger partial charge in [0.2, 0.25) is 0 Å². The van der Waals surface area contributed by atoms with Gasteiger partial charge in [0.1, 0.15) is 5.69 Å². The van der Waals surface area contributed by atoms with Gasteiger partial charge in [0.05, 0.1) is 0 Å². The number of halogens is 1. The largest absolute Gasteiger partial charge is 0.340 e. The van der Waals surface area contributed by atoms with Crippen molar-refractivity contribution >= 4 is 21.8 Å². The van der Waals surface area contributed by atoms with Crippen molar-refractivity contribution in [1.82, 2.24) is 9.47 Å². The summed E-state index contributed by atoms with van der Waals surface area (Å²) in [4.78, 5) is 14.6. The van der Waals surface area contributed by atoms with E-state index in [0.717, 1.165) is 10.2 Å². The molecular formula is C15H26BrN3O. The lowest BCUT2D eigenvalue weighted by Gasteiger charge is -2.31. The quantitative estimate of drug-likeness (QED) is 0.861. The molecule has 0 aliphatic heterocycles. The normalized spacial score (nSPS) is 12.0. The van der Waals surface area contributed by atoms with Crippen LogP contribution in [0, 0.1) is 5.41 Å². The fourth-order valence-corrected chi connectivity index (χ4v) is 2.55. The van der Waals surface area contributed by atoms with Crippen LogP contribution in [0.5, 0.6) is 0 Å². The van der Waals surface area contributed by atoms with Crippen molar-refractivity contribution in [1.29, 1.82) is 0 Å². The second-order valence-electron chi connectivity index (χ2n) is 6.23. The summed E-state index contributed by atoms with van der Waals surface area (Å²) in [5, 5.41) is 0. The standard InChI is InChI=1S/C15H26BrN3O/c1-6-18(10-15(4,5)9-17)14(20)13-7-12(16)8-19(13)11(2)3/h7-8,11H,6,9-10,17H2,1-5H3. The van der Waals surface area contributed by atoms with Crippen LogP contribution in [-0.2, 0) is 0 Å². The Kier molecular flexibility index (Phi) is 5.83. The van der Waals surface area contributed by atoms with Crippen molar-refractivity contribution in [2.24, 2.45) is 11.1 Å². The van der Waals surface area contributed by atoms with Crippen molar-refractivity contribution < 1.29 is 4.79 Å². The van der Waals surface area contributed by atoms with E-state index in [9.17, 15) is 4.79 Å². The van der Waals surface area contributed by atoms with E-state index in [2.05, 4.69) is 43.6 Å². The van der Waals surface area contributed by atoms with Gasteiger partial charge in [0, 0.05) is 29.8 Å². The molecule has 4 nitrogen and oxygen atoms in total. The predicted molar refractivity (Wildman–Crippen MR) is 86.9 cm³/mol. The number of hydrogen-bond acceptors (Lipinski definition) is 2. The number of carbonyl (C=O) groups excluding carboxylic acids is 1. The highest BCUT2D eigenvalue weighted by molar-refractivity contribution is 9.10. The summed E-state index contributed by atoms with van der Waals surface area (Å²) in [6, 6.07) is 2.14. The van der Waals surface area contributed by atoms with Gasteiger partial charge in [0.15, 0.2) is 0 Å². The topological polar surface area (TPSA) is 51.3 Å². The van der Waals surface area contributed by atoms with Crippen molar-refractivity contribution in [3.63, 3.8) is 0 Å². The molecule has 1 amide bonds. The van der Waals surface area contributed by atoms with Crippen LogP contribution in [-0.4, -0.2) is 35.0 Å². The second kappa shape index (κ2) is 6.76. The zero-order valence-electron chi connectivity index (χ0n) is 13.1. The fourth-order valence-electron chi connectivity index (χ4n) is 2.11. The Morgan fingerprint density at radius 2 is 2.10 bits per heavy atom. The number of carbonyl (C=O) groups is 1. The molecule has 5 heteroatoms. The Labute approximate surface area is 130 Å². The van der Waals surface area contributed by atoms with Gasteiger partial charge in [-0.15, -0.1) is 0 Å². The van der Waals surface area contributed by atoms with E-state index in [1.54, 1.807) is 0 Å². The Hall–Kier alpha value is -0.810. The van der Waals surface area contributed by atoms with Crippen LogP contribution in [0.2, 0.25) is 0 Å². The van der Waals surface area contributed by atoms with E-state index in [0.29, 0.717) is 19.6 Å². The molecule has 1 heterocycles. The molecule has 0 saturated heterocycles. The molecule has 0 saturated carbocycles. The summed E-state index contributed by atoms with van der Waals surface area (Å²) in [6.07, 6.45) is 1.96. The second-order valence-corrected chi connectivity index (χ2v) is 7.15. The van der Waals surface area contributed by atoms with Gasteiger partial charge in [-0.25, -0.2) is 0 Å². The first-order valence-electron chi connectivity index (χ1n) is 7.08. The zero-order chi connectivity index (χ0) is 15.5. The monoisotopic (exact) mass is 343 g/mol. The summed E-state index contributed by atoms with van der Waals surface area (Å²) >= 11 is 3.45. The molecule has 0 atom stereocenters. The lowest BCUT2D eigenvalue weighted by molar-refractivity contribution is 0.0688. The average molecular weight is 344 g/mol. The predicted octanol–water partition coefficient (Wildman–Crippen LogP) is 3.28. The molecule has 0 bridgehead atoms. The van der Waals surface area contributed by atoms with E-state index in [1.165, 1.54) is 0 Å². The minimum Gasteiger partial charge on any atom is -0.340 e. The molecule has 0 spiro atoms. The lowest BCUT2D eigenvalue weighted by atomic mass is 9.93. The van der Waals surface area contributed by atoms with Crippen LogP contribution < -0.4 is 5.73 Å². The molecule has 20 heavy (non-hydrogen) atoms. The molecule has 0 aliphatic carbocycles. The molecule has 1 rings (SSSR count). The molecule has 0 unspecified atom stereocenters. The molecule has 114 valence electrons. The van der Waals surface area contributed by atoms with E-state index >= 15 is 0 Å². The third kappa shape index (κ3) is 4.09. The van der Waals surface area contributed by atoms with Crippen molar-refractivity contribution in [3.8, 4) is 0 Å². The molecule has 1 aromatic heterocycles. The highest BCUT2D eigenvalue weighted by Crippen LogP contribution is 2.22. The van der Waals surface area contributed by atoms with E-state index in [-0.39, 0.29) is 17.4 Å². The molecule has 2 N–H and O–H groups in total. The van der Waals surface area contributed by atoms with Gasteiger partial charge in [-0.1, -0.05) is 13.8 Å². The first-order chi connectivity index (χ1) is 9.21. The maximum Gasteiger partial charge on any atom is 0.270 e. The van der Waals surface area contributed by atoms with Crippen LogP contribution in [0.15, 0.2) is 16.7 Å². The Bertz CT molecular complexity index is 466. The van der Waals surface area contributed by atoms with Gasteiger partial charge in [-0.2, -0.15) is 0 Å². The summed E-state index contributed by atoms with van der Waals surface area (Å²) in [7, 11) is 0. The van der Waals surface area contributed by atoms with Crippen molar-refractivity contribution in [3.05, 3.63) is 22.4 Å². The summed E-state index contributed by atoms with van der Waals surface area (Å²) < 4.78 is 2.94. The summed E-state index contributed by atoms with van der Waals surface area (Å²) in [5.74, 6) is 0.0634. The van der Waals surface area contributed by atoms with Gasteiger partial charge in [-0.05, 0) is 54.7 Å². The SMILES string of the molecule is CCN(CC(C)(C)CN)C(=O)c1cc(Br)cn1C(C)C. The van der Waals surface area contributed by atoms with Crippen LogP contribution >= 0.6 is 15.9 Å². The Morgan fingerprint density at radius 3 is 2.55 bits per heavy atom. The number of aromatic nitrogens is 1. The molecule has 0 aliphatic rings. The zero-order valence-corrected chi connectivity index (χ0v) is 14.7. The first-order valence-corrected chi connectivity index (χ1v) is 7.88. The van der Waals surface area contributed by atoms with Crippen LogP contribution in [0.25, 0.3) is 0 Å². The highest BCUT2D eigenvalue weighted by Gasteiger charge is 2.25. The Balaban J connectivity index is 3.03. The molecule has 0 radical (unpaired) electrons. The van der Waals surface area contributed by atoms with Crippen LogP contribution in [0.1, 0.15) is 51.1 Å². The smallest absolute Gasteiger partial charge is 0.270 e. The number of rotatable bonds is 6. The molecule has 0 fully saturated rings. The first kappa shape index (κ1) is 17.2. The molecular weight excluding hydrogens is 318 g/mol. The molecule has 1 aromatic rings. The summed E-state index contributed by atoms with van der Waals surface area (Å²) in [5.41, 5.74) is 6.43. The minimum atomic E-state index is -0.0713. The van der Waals surface area contributed by atoms with Gasteiger partial charge in [-0.3, -0.25) is 4.79 Å². The third-order valence-electron chi connectivity index (χ3n) is 3.43. The van der Waals surface area contributed by atoms with E-state index in [1.807, 2.05) is 28.7 Å². The van der Waals surface area contributed by atoms with Crippen LogP contribution in [0.3, 0.4) is 0 Å². The van der Waals surface area contributed by atoms with E-state index < -0.39 is 0 Å². The van der Waals surface area contributed by atoms with Gasteiger partial charge >= 0.3 is 0 Å². The van der Waals surface area contributed by atoms with Gasteiger partial charge < -0.3 is 15.2 Å². The number of nitrogens with two attached hydrogens (primary N) is 1. The number of nitrogens with zero attached hydrogens (tertiary/aromatic N) is 2. The van der Waals surface area contributed by atoms with Crippen molar-refractivity contribution in [2.45, 2.75) is 40.7 Å². The summed E-state index contributed by atoms with van der Waals surface area (Å²) in [6.45, 7) is 12.2. The lowest BCUT2D eigenvalue weighted by Crippen LogP contribution is -2.42. The van der Waals surface area contributed by atoms with Crippen LogP contribution in [0.4, 0.5) is 0 Å². The number of amides is 1. The van der Waals surface area contributed by atoms with E-state index in [4.69, 9.17) is 5.73 Å². The third-order valence-corrected chi connectivity index (χ3v) is 3.86. The van der Waals surface area contributed by atoms with Gasteiger partial charge in [0.25, 0.3) is 5.91 Å². The number of hydrogen-bond donors (Lipinski definition) is 1.